The monoisotopic (exact) mass is 292 g/mol. The lowest BCUT2D eigenvalue weighted by atomic mass is 9.98. The Hall–Kier alpha value is -1.54. The number of carboxylic acids is 1. The first-order valence-corrected chi connectivity index (χ1v) is 7.04. The summed E-state index contributed by atoms with van der Waals surface area (Å²) >= 11 is 6.27. The van der Waals surface area contributed by atoms with Gasteiger partial charge in [-0.25, -0.2) is 4.79 Å². The van der Waals surface area contributed by atoms with Crippen LogP contribution in [0.15, 0.2) is 23.3 Å². The van der Waals surface area contributed by atoms with Crippen molar-refractivity contribution >= 4 is 23.6 Å². The van der Waals surface area contributed by atoms with Gasteiger partial charge in [-0.2, -0.15) is 0 Å². The average Bonchev–Trinajstić information content (AvgIpc) is 2.36. The highest BCUT2D eigenvalue weighted by Gasteiger charge is 2.09. The zero-order valence-electron chi connectivity index (χ0n) is 12.7. The number of halogens is 1. The van der Waals surface area contributed by atoms with Gasteiger partial charge in [0.05, 0.1) is 0 Å². The van der Waals surface area contributed by atoms with Crippen LogP contribution in [0.25, 0.3) is 6.08 Å². The minimum absolute atomic E-state index is 0.440. The highest BCUT2D eigenvalue weighted by Crippen LogP contribution is 2.28. The standard InChI is InChI=1S/C17H21ClO2/c1-6-14(17(19)20)10(2)7-8-15-11(3)9-12(4)16(18)13(15)5/h7-9H,6H2,1-5H3,(H,19,20). The molecule has 0 fully saturated rings. The lowest BCUT2D eigenvalue weighted by Gasteiger charge is -2.10. The molecule has 20 heavy (non-hydrogen) atoms. The van der Waals surface area contributed by atoms with E-state index in [1.54, 1.807) is 0 Å². The second-order valence-electron chi connectivity index (χ2n) is 5.02. The van der Waals surface area contributed by atoms with Crippen molar-refractivity contribution in [3.05, 3.63) is 50.6 Å². The summed E-state index contributed by atoms with van der Waals surface area (Å²) in [4.78, 5) is 11.1. The molecule has 0 amide bonds. The number of aliphatic carboxylic acids is 1. The van der Waals surface area contributed by atoms with Gasteiger partial charge >= 0.3 is 5.97 Å². The van der Waals surface area contributed by atoms with Gasteiger partial charge in [0.2, 0.25) is 0 Å². The van der Waals surface area contributed by atoms with Gasteiger partial charge in [0.1, 0.15) is 0 Å². The topological polar surface area (TPSA) is 37.3 Å². The molecule has 0 unspecified atom stereocenters. The van der Waals surface area contributed by atoms with Gasteiger partial charge in [-0.3, -0.25) is 0 Å². The molecule has 0 aliphatic carbocycles. The minimum atomic E-state index is -0.856. The highest BCUT2D eigenvalue weighted by atomic mass is 35.5. The zero-order chi connectivity index (χ0) is 15.4. The molecule has 0 radical (unpaired) electrons. The van der Waals surface area contributed by atoms with Gasteiger partial charge < -0.3 is 5.11 Å². The molecule has 0 bridgehead atoms. The van der Waals surface area contributed by atoms with Gasteiger partial charge in [0.15, 0.2) is 0 Å². The third-order valence-electron chi connectivity index (χ3n) is 3.53. The van der Waals surface area contributed by atoms with E-state index in [9.17, 15) is 4.79 Å². The molecule has 1 aromatic rings. The van der Waals surface area contributed by atoms with E-state index in [2.05, 4.69) is 0 Å². The first-order valence-electron chi connectivity index (χ1n) is 6.67. The molecule has 1 aromatic carbocycles. The second-order valence-corrected chi connectivity index (χ2v) is 5.39. The molecule has 0 saturated carbocycles. The molecule has 0 aliphatic heterocycles. The smallest absolute Gasteiger partial charge is 0.331 e. The number of carboxylic acid groups (broad SMARTS) is 1. The van der Waals surface area contributed by atoms with Gasteiger partial charge in [-0.15, -0.1) is 0 Å². The van der Waals surface area contributed by atoms with Crippen molar-refractivity contribution in [2.45, 2.75) is 41.0 Å². The minimum Gasteiger partial charge on any atom is -0.478 e. The van der Waals surface area contributed by atoms with Crippen LogP contribution in [-0.4, -0.2) is 11.1 Å². The maximum absolute atomic E-state index is 11.1. The van der Waals surface area contributed by atoms with E-state index in [-0.39, 0.29) is 0 Å². The molecule has 0 spiro atoms. The van der Waals surface area contributed by atoms with Crippen molar-refractivity contribution < 1.29 is 9.90 Å². The summed E-state index contributed by atoms with van der Waals surface area (Å²) < 4.78 is 0. The SMILES string of the molecule is CCC(C(=O)O)=C(C)C=Cc1c(C)cc(C)c(Cl)c1C. The normalized spacial score (nSPS) is 12.7. The van der Waals surface area contributed by atoms with Crippen LogP contribution in [0.1, 0.15) is 42.5 Å². The summed E-state index contributed by atoms with van der Waals surface area (Å²) in [6.07, 6.45) is 4.32. The zero-order valence-corrected chi connectivity index (χ0v) is 13.4. The van der Waals surface area contributed by atoms with Crippen LogP contribution in [0.4, 0.5) is 0 Å². The van der Waals surface area contributed by atoms with E-state index in [4.69, 9.17) is 16.7 Å². The fourth-order valence-electron chi connectivity index (χ4n) is 2.34. The molecule has 0 saturated heterocycles. The lowest BCUT2D eigenvalue weighted by molar-refractivity contribution is -0.132. The number of allylic oxidation sites excluding steroid dienone is 2. The summed E-state index contributed by atoms with van der Waals surface area (Å²) in [5.74, 6) is -0.856. The van der Waals surface area contributed by atoms with Crippen LogP contribution in [-0.2, 0) is 4.79 Å². The van der Waals surface area contributed by atoms with Gasteiger partial charge in [0, 0.05) is 10.6 Å². The first-order chi connectivity index (χ1) is 9.29. The summed E-state index contributed by atoms with van der Waals surface area (Å²) in [7, 11) is 0. The summed E-state index contributed by atoms with van der Waals surface area (Å²) in [6.45, 7) is 9.68. The van der Waals surface area contributed by atoms with Crippen LogP contribution in [0.5, 0.6) is 0 Å². The molecule has 0 heterocycles. The summed E-state index contributed by atoms with van der Waals surface area (Å²) in [5, 5.41) is 9.89. The third kappa shape index (κ3) is 3.51. The maximum Gasteiger partial charge on any atom is 0.331 e. The fourth-order valence-corrected chi connectivity index (χ4v) is 2.50. The Bertz CT molecular complexity index is 595. The van der Waals surface area contributed by atoms with Crippen LogP contribution >= 0.6 is 11.6 Å². The second kappa shape index (κ2) is 6.76. The van der Waals surface area contributed by atoms with Crippen LogP contribution in [0.3, 0.4) is 0 Å². The molecule has 1 N–H and O–H groups in total. The van der Waals surface area contributed by atoms with E-state index in [0.717, 1.165) is 32.8 Å². The van der Waals surface area contributed by atoms with Crippen molar-refractivity contribution in [3.8, 4) is 0 Å². The number of hydrogen-bond donors (Lipinski definition) is 1. The van der Waals surface area contributed by atoms with Gasteiger partial charge in [-0.1, -0.05) is 36.7 Å². The largest absolute Gasteiger partial charge is 0.478 e. The van der Waals surface area contributed by atoms with Gasteiger partial charge in [0.25, 0.3) is 0 Å². The maximum atomic E-state index is 11.1. The van der Waals surface area contributed by atoms with E-state index in [1.165, 1.54) is 0 Å². The van der Waals surface area contributed by atoms with Crippen molar-refractivity contribution in [2.75, 3.05) is 0 Å². The Morgan fingerprint density at radius 3 is 2.40 bits per heavy atom. The lowest BCUT2D eigenvalue weighted by Crippen LogP contribution is -2.01. The Morgan fingerprint density at radius 2 is 1.90 bits per heavy atom. The van der Waals surface area contributed by atoms with E-state index >= 15 is 0 Å². The third-order valence-corrected chi connectivity index (χ3v) is 4.11. The Morgan fingerprint density at radius 1 is 1.30 bits per heavy atom. The molecule has 2 nitrogen and oxygen atoms in total. The highest BCUT2D eigenvalue weighted by molar-refractivity contribution is 6.32. The van der Waals surface area contributed by atoms with E-state index < -0.39 is 5.97 Å². The number of carbonyl (C=O) groups is 1. The number of hydrogen-bond acceptors (Lipinski definition) is 1. The van der Waals surface area contributed by atoms with Crippen LogP contribution in [0.2, 0.25) is 5.02 Å². The van der Waals surface area contributed by atoms with Crippen molar-refractivity contribution in [1.29, 1.82) is 0 Å². The molecular weight excluding hydrogens is 272 g/mol. The average molecular weight is 293 g/mol. The quantitative estimate of drug-likeness (QED) is 0.620. The van der Waals surface area contributed by atoms with Crippen molar-refractivity contribution in [1.82, 2.24) is 0 Å². The predicted molar refractivity (Wildman–Crippen MR) is 85.3 cm³/mol. The fraction of sp³-hybridized carbons (Fsp3) is 0.353. The van der Waals surface area contributed by atoms with Crippen molar-refractivity contribution in [3.63, 3.8) is 0 Å². The Kier molecular flexibility index (Phi) is 5.58. The Labute approximate surface area is 125 Å². The Balaban J connectivity index is 3.27. The molecule has 3 heteroatoms. The molecule has 0 aromatic heterocycles. The summed E-state index contributed by atoms with van der Waals surface area (Å²) in [5.41, 5.74) is 5.50. The number of benzene rings is 1. The van der Waals surface area contributed by atoms with Gasteiger partial charge in [-0.05, 0) is 61.9 Å². The van der Waals surface area contributed by atoms with Crippen molar-refractivity contribution in [2.24, 2.45) is 0 Å². The molecule has 0 atom stereocenters. The number of rotatable bonds is 4. The molecular formula is C17H21ClO2. The molecule has 1 rings (SSSR count). The van der Waals surface area contributed by atoms with E-state index in [0.29, 0.717) is 12.0 Å². The molecule has 0 aliphatic rings. The van der Waals surface area contributed by atoms with Crippen LogP contribution < -0.4 is 0 Å². The predicted octanol–water partition coefficient (Wildman–Crippen LogP) is 5.09. The first kappa shape index (κ1) is 16.5. The van der Waals surface area contributed by atoms with Crippen LogP contribution in [0, 0.1) is 20.8 Å². The number of aryl methyl sites for hydroxylation is 2. The summed E-state index contributed by atoms with van der Waals surface area (Å²) in [6, 6.07) is 2.05. The molecule has 108 valence electrons. The van der Waals surface area contributed by atoms with E-state index in [1.807, 2.05) is 52.8 Å².